The van der Waals surface area contributed by atoms with Crippen LogP contribution in [0, 0.1) is 0 Å². The van der Waals surface area contributed by atoms with E-state index in [4.69, 9.17) is 0 Å². The molecule has 0 radical (unpaired) electrons. The summed E-state index contributed by atoms with van der Waals surface area (Å²) < 4.78 is 29.9. The van der Waals surface area contributed by atoms with Crippen LogP contribution in [0.2, 0.25) is 0 Å². The monoisotopic (exact) mass is 257 g/mol. The first-order chi connectivity index (χ1) is 7.98. The van der Waals surface area contributed by atoms with Gasteiger partial charge >= 0.3 is 5.97 Å². The van der Waals surface area contributed by atoms with Gasteiger partial charge in [-0.15, -0.1) is 0 Å². The first kappa shape index (κ1) is 13.7. The average Bonchev–Trinajstić information content (AvgIpc) is 2.28. The van der Waals surface area contributed by atoms with Gasteiger partial charge in [0, 0.05) is 6.54 Å². The Labute approximate surface area is 101 Å². The molecule has 0 amide bonds. The van der Waals surface area contributed by atoms with Crippen LogP contribution >= 0.6 is 0 Å². The third-order valence-electron chi connectivity index (χ3n) is 2.10. The Balaban J connectivity index is 2.79. The SMILES string of the molecule is CCNS(=O)(=O)Cc1ccc(C(=O)OC)cc1. The highest BCUT2D eigenvalue weighted by molar-refractivity contribution is 7.88. The molecule has 0 heterocycles. The molecular weight excluding hydrogens is 242 g/mol. The normalized spacial score (nSPS) is 11.2. The zero-order valence-corrected chi connectivity index (χ0v) is 10.6. The predicted molar refractivity (Wildman–Crippen MR) is 64.1 cm³/mol. The van der Waals surface area contributed by atoms with E-state index in [1.807, 2.05) is 0 Å². The van der Waals surface area contributed by atoms with E-state index in [0.717, 1.165) is 0 Å². The lowest BCUT2D eigenvalue weighted by Crippen LogP contribution is -2.24. The van der Waals surface area contributed by atoms with Gasteiger partial charge in [0.1, 0.15) is 0 Å². The number of methoxy groups -OCH3 is 1. The summed E-state index contributed by atoms with van der Waals surface area (Å²) in [5, 5.41) is 0. The second kappa shape index (κ2) is 5.79. The van der Waals surface area contributed by atoms with Crippen LogP contribution in [0.25, 0.3) is 0 Å². The van der Waals surface area contributed by atoms with E-state index in [1.54, 1.807) is 31.2 Å². The molecule has 0 spiro atoms. The van der Waals surface area contributed by atoms with Crippen molar-refractivity contribution in [3.8, 4) is 0 Å². The van der Waals surface area contributed by atoms with Crippen molar-refractivity contribution in [2.75, 3.05) is 13.7 Å². The molecule has 94 valence electrons. The minimum absolute atomic E-state index is 0.0949. The minimum Gasteiger partial charge on any atom is -0.465 e. The van der Waals surface area contributed by atoms with E-state index >= 15 is 0 Å². The van der Waals surface area contributed by atoms with Crippen molar-refractivity contribution < 1.29 is 17.9 Å². The second-order valence-electron chi connectivity index (χ2n) is 3.45. The molecule has 0 aromatic heterocycles. The molecule has 0 bridgehead atoms. The van der Waals surface area contributed by atoms with Crippen LogP contribution in [-0.2, 0) is 20.5 Å². The Morgan fingerprint density at radius 3 is 2.35 bits per heavy atom. The molecule has 0 aliphatic rings. The van der Waals surface area contributed by atoms with Gasteiger partial charge in [-0.05, 0) is 17.7 Å². The number of ether oxygens (including phenoxy) is 1. The van der Waals surface area contributed by atoms with Crippen molar-refractivity contribution >= 4 is 16.0 Å². The molecule has 6 heteroatoms. The Hall–Kier alpha value is -1.40. The molecule has 1 aromatic carbocycles. The first-order valence-electron chi connectivity index (χ1n) is 5.13. The van der Waals surface area contributed by atoms with Gasteiger partial charge in [-0.3, -0.25) is 0 Å². The van der Waals surface area contributed by atoms with Crippen LogP contribution in [0.3, 0.4) is 0 Å². The summed E-state index contributed by atoms with van der Waals surface area (Å²) in [6, 6.07) is 6.29. The van der Waals surface area contributed by atoms with Gasteiger partial charge in [0.15, 0.2) is 0 Å². The molecule has 0 saturated heterocycles. The van der Waals surface area contributed by atoms with Gasteiger partial charge in [0.25, 0.3) is 0 Å². The van der Waals surface area contributed by atoms with E-state index in [9.17, 15) is 13.2 Å². The third-order valence-corrected chi connectivity index (χ3v) is 3.54. The first-order valence-corrected chi connectivity index (χ1v) is 6.78. The van der Waals surface area contributed by atoms with E-state index in [2.05, 4.69) is 9.46 Å². The molecule has 0 fully saturated rings. The summed E-state index contributed by atoms with van der Waals surface area (Å²) >= 11 is 0. The lowest BCUT2D eigenvalue weighted by Gasteiger charge is -2.05. The van der Waals surface area contributed by atoms with Crippen LogP contribution in [0.1, 0.15) is 22.8 Å². The van der Waals surface area contributed by atoms with Crippen molar-refractivity contribution in [1.82, 2.24) is 4.72 Å². The van der Waals surface area contributed by atoms with Crippen molar-refractivity contribution in [3.05, 3.63) is 35.4 Å². The Morgan fingerprint density at radius 2 is 1.88 bits per heavy atom. The maximum atomic E-state index is 11.5. The van der Waals surface area contributed by atoms with Crippen molar-refractivity contribution in [1.29, 1.82) is 0 Å². The molecule has 0 saturated carbocycles. The van der Waals surface area contributed by atoms with Crippen LogP contribution in [0.4, 0.5) is 0 Å². The number of hydrogen-bond donors (Lipinski definition) is 1. The molecule has 0 aliphatic carbocycles. The summed E-state index contributed by atoms with van der Waals surface area (Å²) in [5.74, 6) is -0.534. The van der Waals surface area contributed by atoms with Crippen molar-refractivity contribution in [3.63, 3.8) is 0 Å². The van der Waals surface area contributed by atoms with Gasteiger partial charge in [0.05, 0.1) is 18.4 Å². The number of hydrogen-bond acceptors (Lipinski definition) is 4. The number of carbonyl (C=O) groups excluding carboxylic acids is 1. The fourth-order valence-corrected chi connectivity index (χ4v) is 2.52. The summed E-state index contributed by atoms with van der Waals surface area (Å²) in [5.41, 5.74) is 1.02. The molecule has 17 heavy (non-hydrogen) atoms. The average molecular weight is 257 g/mol. The highest BCUT2D eigenvalue weighted by Crippen LogP contribution is 2.08. The smallest absolute Gasteiger partial charge is 0.337 e. The molecule has 1 N–H and O–H groups in total. The largest absolute Gasteiger partial charge is 0.465 e. The Morgan fingerprint density at radius 1 is 1.29 bits per heavy atom. The van der Waals surface area contributed by atoms with Gasteiger partial charge in [-0.25, -0.2) is 17.9 Å². The quantitative estimate of drug-likeness (QED) is 0.796. The fraction of sp³-hybridized carbons (Fsp3) is 0.364. The van der Waals surface area contributed by atoms with Gasteiger partial charge in [0.2, 0.25) is 10.0 Å². The van der Waals surface area contributed by atoms with E-state index < -0.39 is 16.0 Å². The molecular formula is C11H15NO4S. The molecule has 0 aliphatic heterocycles. The number of nitrogens with one attached hydrogen (secondary N) is 1. The van der Waals surface area contributed by atoms with E-state index in [1.165, 1.54) is 7.11 Å². The van der Waals surface area contributed by atoms with Crippen LogP contribution in [0.15, 0.2) is 24.3 Å². The van der Waals surface area contributed by atoms with Crippen molar-refractivity contribution in [2.45, 2.75) is 12.7 Å². The topological polar surface area (TPSA) is 72.5 Å². The predicted octanol–water partition coefficient (Wildman–Crippen LogP) is 0.912. The fourth-order valence-electron chi connectivity index (χ4n) is 1.35. The van der Waals surface area contributed by atoms with Gasteiger partial charge in [-0.1, -0.05) is 19.1 Å². The number of sulfonamides is 1. The molecule has 5 nitrogen and oxygen atoms in total. The summed E-state index contributed by atoms with van der Waals surface area (Å²) in [4.78, 5) is 11.2. The lowest BCUT2D eigenvalue weighted by atomic mass is 10.1. The zero-order valence-electron chi connectivity index (χ0n) is 9.76. The minimum atomic E-state index is -3.29. The molecule has 0 unspecified atom stereocenters. The number of esters is 1. The van der Waals surface area contributed by atoms with Gasteiger partial charge in [-0.2, -0.15) is 0 Å². The number of carbonyl (C=O) groups is 1. The molecule has 1 rings (SSSR count). The Kier molecular flexibility index (Phi) is 4.65. The summed E-state index contributed by atoms with van der Waals surface area (Å²) in [6.07, 6.45) is 0. The maximum Gasteiger partial charge on any atom is 0.337 e. The maximum absolute atomic E-state index is 11.5. The lowest BCUT2D eigenvalue weighted by molar-refractivity contribution is 0.0600. The highest BCUT2D eigenvalue weighted by atomic mass is 32.2. The zero-order chi connectivity index (χ0) is 12.9. The number of benzene rings is 1. The molecule has 0 atom stereocenters. The standard InChI is InChI=1S/C11H15NO4S/c1-3-12-17(14,15)8-9-4-6-10(7-5-9)11(13)16-2/h4-7,12H,3,8H2,1-2H3. The van der Waals surface area contributed by atoms with Crippen LogP contribution in [0.5, 0.6) is 0 Å². The van der Waals surface area contributed by atoms with Gasteiger partial charge < -0.3 is 4.74 Å². The number of rotatable bonds is 5. The summed E-state index contributed by atoms with van der Waals surface area (Å²) in [7, 11) is -1.99. The third kappa shape index (κ3) is 4.16. The molecule has 1 aromatic rings. The second-order valence-corrected chi connectivity index (χ2v) is 5.25. The van der Waals surface area contributed by atoms with Crippen molar-refractivity contribution in [2.24, 2.45) is 0 Å². The van der Waals surface area contributed by atoms with E-state index in [0.29, 0.717) is 17.7 Å². The van der Waals surface area contributed by atoms with E-state index in [-0.39, 0.29) is 5.75 Å². The highest BCUT2D eigenvalue weighted by Gasteiger charge is 2.11. The van der Waals surface area contributed by atoms with Crippen LogP contribution in [-0.4, -0.2) is 28.0 Å². The summed E-state index contributed by atoms with van der Waals surface area (Å²) in [6.45, 7) is 2.08. The Bertz CT molecular complexity index is 479. The van der Waals surface area contributed by atoms with Crippen LogP contribution < -0.4 is 4.72 Å².